The summed E-state index contributed by atoms with van der Waals surface area (Å²) < 4.78 is 0. The van der Waals surface area contributed by atoms with Crippen molar-refractivity contribution in [3.63, 3.8) is 0 Å². The standard InChI is InChI=1S/C14H24N2S/c1-11(2)14(3,10-15)16(12-6-7-12)9-13-5-4-8-17-13/h4-5,8,11-12H,6-7,9-10,15H2,1-3H3. The third-order valence-electron chi connectivity index (χ3n) is 4.21. The molecule has 1 saturated carbocycles. The van der Waals surface area contributed by atoms with Crippen molar-refractivity contribution in [3.05, 3.63) is 22.4 Å². The Bertz CT molecular complexity index is 343. The molecule has 1 aliphatic carbocycles. The fourth-order valence-electron chi connectivity index (χ4n) is 2.37. The molecular weight excluding hydrogens is 228 g/mol. The maximum absolute atomic E-state index is 6.07. The number of hydrogen-bond donors (Lipinski definition) is 1. The van der Waals surface area contributed by atoms with E-state index in [1.54, 1.807) is 0 Å². The molecule has 1 aliphatic rings. The lowest BCUT2D eigenvalue weighted by molar-refractivity contribution is 0.0520. The predicted molar refractivity (Wildman–Crippen MR) is 75.2 cm³/mol. The van der Waals surface area contributed by atoms with E-state index in [2.05, 4.69) is 43.2 Å². The molecule has 1 atom stereocenters. The first-order valence-corrected chi connectivity index (χ1v) is 7.45. The first kappa shape index (κ1) is 13.1. The van der Waals surface area contributed by atoms with Crippen LogP contribution in [0.2, 0.25) is 0 Å². The summed E-state index contributed by atoms with van der Waals surface area (Å²) in [6.07, 6.45) is 2.68. The van der Waals surface area contributed by atoms with Gasteiger partial charge >= 0.3 is 0 Å². The Morgan fingerprint density at radius 1 is 1.53 bits per heavy atom. The zero-order valence-electron chi connectivity index (χ0n) is 11.1. The lowest BCUT2D eigenvalue weighted by Crippen LogP contribution is -2.55. The summed E-state index contributed by atoms with van der Waals surface area (Å²) in [4.78, 5) is 4.10. The fraction of sp³-hybridized carbons (Fsp3) is 0.714. The van der Waals surface area contributed by atoms with Gasteiger partial charge in [-0.2, -0.15) is 0 Å². The van der Waals surface area contributed by atoms with Crippen LogP contribution in [-0.2, 0) is 6.54 Å². The number of hydrogen-bond acceptors (Lipinski definition) is 3. The van der Waals surface area contributed by atoms with E-state index >= 15 is 0 Å². The Hall–Kier alpha value is -0.380. The maximum Gasteiger partial charge on any atom is 0.0336 e. The van der Waals surface area contributed by atoms with Gasteiger partial charge in [0.2, 0.25) is 0 Å². The second-order valence-corrected chi connectivity index (χ2v) is 6.69. The summed E-state index contributed by atoms with van der Waals surface area (Å²) in [5.41, 5.74) is 6.20. The van der Waals surface area contributed by atoms with E-state index in [0.717, 1.165) is 19.1 Å². The number of rotatable bonds is 6. The molecule has 1 fully saturated rings. The zero-order valence-corrected chi connectivity index (χ0v) is 12.0. The van der Waals surface area contributed by atoms with E-state index in [0.29, 0.717) is 5.92 Å². The summed E-state index contributed by atoms with van der Waals surface area (Å²) in [6.45, 7) is 8.71. The summed E-state index contributed by atoms with van der Waals surface area (Å²) in [6, 6.07) is 5.13. The molecule has 1 aromatic rings. The highest BCUT2D eigenvalue weighted by Gasteiger charge is 2.42. The molecule has 0 saturated heterocycles. The maximum atomic E-state index is 6.07. The van der Waals surface area contributed by atoms with E-state index in [-0.39, 0.29) is 5.54 Å². The zero-order chi connectivity index (χ0) is 12.5. The van der Waals surface area contributed by atoms with Crippen LogP contribution in [0.15, 0.2) is 17.5 Å². The van der Waals surface area contributed by atoms with Gasteiger partial charge in [0.15, 0.2) is 0 Å². The highest BCUT2D eigenvalue weighted by atomic mass is 32.1. The second kappa shape index (κ2) is 5.09. The molecule has 0 radical (unpaired) electrons. The Morgan fingerprint density at radius 2 is 2.24 bits per heavy atom. The minimum atomic E-state index is 0.130. The number of nitrogens with zero attached hydrogens (tertiary/aromatic N) is 1. The largest absolute Gasteiger partial charge is 0.329 e. The minimum absolute atomic E-state index is 0.130. The van der Waals surface area contributed by atoms with Crippen molar-refractivity contribution in [2.45, 2.75) is 51.7 Å². The van der Waals surface area contributed by atoms with Gasteiger partial charge in [-0.15, -0.1) is 11.3 Å². The van der Waals surface area contributed by atoms with Crippen LogP contribution >= 0.6 is 11.3 Å². The molecule has 17 heavy (non-hydrogen) atoms. The van der Waals surface area contributed by atoms with Crippen LogP contribution in [-0.4, -0.2) is 23.0 Å². The van der Waals surface area contributed by atoms with E-state index in [4.69, 9.17) is 5.73 Å². The van der Waals surface area contributed by atoms with E-state index in [9.17, 15) is 0 Å². The molecule has 2 N–H and O–H groups in total. The molecule has 0 aliphatic heterocycles. The van der Waals surface area contributed by atoms with Gasteiger partial charge in [0.1, 0.15) is 0 Å². The van der Waals surface area contributed by atoms with Crippen LogP contribution in [0.5, 0.6) is 0 Å². The van der Waals surface area contributed by atoms with Crippen LogP contribution in [0.25, 0.3) is 0 Å². The Kier molecular flexibility index (Phi) is 3.91. The molecular formula is C14H24N2S. The predicted octanol–water partition coefficient (Wildman–Crippen LogP) is 3.09. The molecule has 1 unspecified atom stereocenters. The highest BCUT2D eigenvalue weighted by molar-refractivity contribution is 7.09. The van der Waals surface area contributed by atoms with Crippen molar-refractivity contribution >= 4 is 11.3 Å². The van der Waals surface area contributed by atoms with Crippen LogP contribution in [0.4, 0.5) is 0 Å². The van der Waals surface area contributed by atoms with Crippen LogP contribution in [0, 0.1) is 5.92 Å². The molecule has 1 aromatic heterocycles. The average molecular weight is 252 g/mol. The van der Waals surface area contributed by atoms with Crippen molar-refractivity contribution in [1.29, 1.82) is 0 Å². The van der Waals surface area contributed by atoms with E-state index < -0.39 is 0 Å². The molecule has 1 heterocycles. The topological polar surface area (TPSA) is 29.3 Å². The van der Waals surface area contributed by atoms with Crippen molar-refractivity contribution in [2.24, 2.45) is 11.7 Å². The van der Waals surface area contributed by atoms with Gasteiger partial charge < -0.3 is 5.73 Å². The van der Waals surface area contributed by atoms with E-state index in [1.807, 2.05) is 11.3 Å². The monoisotopic (exact) mass is 252 g/mol. The van der Waals surface area contributed by atoms with Gasteiger partial charge in [0, 0.05) is 29.5 Å². The average Bonchev–Trinajstić information content (AvgIpc) is 3.02. The van der Waals surface area contributed by atoms with E-state index in [1.165, 1.54) is 17.7 Å². The molecule has 96 valence electrons. The van der Waals surface area contributed by atoms with Crippen molar-refractivity contribution < 1.29 is 0 Å². The van der Waals surface area contributed by atoms with Gasteiger partial charge in [0.05, 0.1) is 0 Å². The van der Waals surface area contributed by atoms with Gasteiger partial charge in [-0.05, 0) is 37.1 Å². The van der Waals surface area contributed by atoms with Crippen molar-refractivity contribution in [3.8, 4) is 0 Å². The van der Waals surface area contributed by atoms with Crippen LogP contribution < -0.4 is 5.73 Å². The van der Waals surface area contributed by atoms with Crippen LogP contribution in [0.1, 0.15) is 38.5 Å². The first-order valence-electron chi connectivity index (χ1n) is 6.57. The fourth-order valence-corrected chi connectivity index (χ4v) is 3.07. The second-order valence-electron chi connectivity index (χ2n) is 5.65. The SMILES string of the molecule is CC(C)C(C)(CN)N(Cc1cccs1)C1CC1. The molecule has 3 heteroatoms. The lowest BCUT2D eigenvalue weighted by Gasteiger charge is -2.44. The smallest absolute Gasteiger partial charge is 0.0336 e. The highest BCUT2D eigenvalue weighted by Crippen LogP contribution is 2.37. The molecule has 0 amide bonds. The Balaban J connectivity index is 2.16. The first-order chi connectivity index (χ1) is 8.08. The number of nitrogens with two attached hydrogens (primary N) is 1. The van der Waals surface area contributed by atoms with Gasteiger partial charge in [0.25, 0.3) is 0 Å². The Labute approximate surface area is 109 Å². The normalized spacial score (nSPS) is 19.9. The third kappa shape index (κ3) is 2.72. The quantitative estimate of drug-likeness (QED) is 0.843. The third-order valence-corrected chi connectivity index (χ3v) is 5.07. The van der Waals surface area contributed by atoms with Gasteiger partial charge in [-0.25, -0.2) is 0 Å². The molecule has 0 bridgehead atoms. The molecule has 2 nitrogen and oxygen atoms in total. The molecule has 0 aromatic carbocycles. The minimum Gasteiger partial charge on any atom is -0.329 e. The number of thiophene rings is 1. The van der Waals surface area contributed by atoms with Crippen molar-refractivity contribution in [2.75, 3.05) is 6.54 Å². The van der Waals surface area contributed by atoms with Gasteiger partial charge in [-0.1, -0.05) is 19.9 Å². The summed E-state index contributed by atoms with van der Waals surface area (Å²) in [5, 5.41) is 2.16. The summed E-state index contributed by atoms with van der Waals surface area (Å²) >= 11 is 1.85. The lowest BCUT2D eigenvalue weighted by atomic mass is 9.86. The Morgan fingerprint density at radius 3 is 2.65 bits per heavy atom. The van der Waals surface area contributed by atoms with Crippen LogP contribution in [0.3, 0.4) is 0 Å². The molecule has 0 spiro atoms. The summed E-state index contributed by atoms with van der Waals surface area (Å²) in [5.74, 6) is 0.591. The van der Waals surface area contributed by atoms with Gasteiger partial charge in [-0.3, -0.25) is 4.90 Å². The molecule has 2 rings (SSSR count). The van der Waals surface area contributed by atoms with Crippen molar-refractivity contribution in [1.82, 2.24) is 4.90 Å². The summed E-state index contributed by atoms with van der Waals surface area (Å²) in [7, 11) is 0.